The number of amides is 1. The number of alkyl halides is 2. The maximum absolute atomic E-state index is 12.6. The van der Waals surface area contributed by atoms with E-state index in [0.717, 1.165) is 0 Å². The molecule has 2 aliphatic heterocycles. The molecule has 0 saturated carbocycles. The molecule has 0 N–H and O–H groups in total. The van der Waals surface area contributed by atoms with Crippen molar-refractivity contribution < 1.29 is 27.8 Å². The highest BCUT2D eigenvalue weighted by Gasteiger charge is 2.43. The Hall–Kier alpha value is -2.38. The van der Waals surface area contributed by atoms with E-state index in [1.807, 2.05) is 13.0 Å². The van der Waals surface area contributed by atoms with Gasteiger partial charge in [0, 0.05) is 18.2 Å². The first-order valence-corrected chi connectivity index (χ1v) is 7.99. The van der Waals surface area contributed by atoms with Crippen LogP contribution in [-0.2, 0) is 4.74 Å². The minimum atomic E-state index is -2.97. The van der Waals surface area contributed by atoms with Gasteiger partial charge in [-0.05, 0) is 38.8 Å². The monoisotopic (exact) mass is 354 g/mol. The predicted octanol–water partition coefficient (Wildman–Crippen LogP) is 3.89. The number of hydrogen-bond acceptors (Lipinski definition) is 5. The first kappa shape index (κ1) is 17.4. The van der Waals surface area contributed by atoms with Gasteiger partial charge in [0.15, 0.2) is 0 Å². The van der Waals surface area contributed by atoms with Crippen molar-refractivity contribution in [2.24, 2.45) is 5.92 Å². The molecule has 1 aromatic heterocycles. The maximum atomic E-state index is 12.6. The normalized spacial score (nSPS) is 22.0. The first-order valence-electron chi connectivity index (χ1n) is 7.99. The number of fused-ring (bicyclic) bond motifs is 3. The Morgan fingerprint density at radius 2 is 2.12 bits per heavy atom. The minimum absolute atomic E-state index is 0.0601. The third-order valence-electron chi connectivity index (χ3n) is 3.73. The maximum Gasteiger partial charge on any atom is 0.411 e. The largest absolute Gasteiger partial charge is 0.444 e. The van der Waals surface area contributed by atoms with Crippen LogP contribution in [0.3, 0.4) is 0 Å². The zero-order valence-corrected chi connectivity index (χ0v) is 14.5. The van der Waals surface area contributed by atoms with Gasteiger partial charge in [-0.3, -0.25) is 4.90 Å². The molecule has 1 aromatic rings. The lowest BCUT2D eigenvalue weighted by Crippen LogP contribution is -2.43. The molecule has 0 unspecified atom stereocenters. The highest BCUT2D eigenvalue weighted by molar-refractivity contribution is 5.70. The molecule has 0 aromatic carbocycles. The second-order valence-electron chi connectivity index (χ2n) is 7.11. The van der Waals surface area contributed by atoms with Crippen molar-refractivity contribution in [1.29, 1.82) is 0 Å². The van der Waals surface area contributed by atoms with E-state index in [9.17, 15) is 13.6 Å². The van der Waals surface area contributed by atoms with Gasteiger partial charge >= 0.3 is 12.7 Å². The molecule has 3 heterocycles. The Labute approximate surface area is 144 Å². The SMILES string of the molecule is C[C@H]1C=C2Oc3nc(OC(F)F)ccc3[C@@H]2N(C(=O)OC(C)(C)C)C1. The van der Waals surface area contributed by atoms with Gasteiger partial charge in [-0.2, -0.15) is 13.8 Å². The summed E-state index contributed by atoms with van der Waals surface area (Å²) in [6.45, 7) is 4.83. The Bertz CT molecular complexity index is 715. The molecule has 0 fully saturated rings. The zero-order chi connectivity index (χ0) is 18.4. The van der Waals surface area contributed by atoms with E-state index < -0.39 is 24.3 Å². The van der Waals surface area contributed by atoms with Crippen molar-refractivity contribution in [2.45, 2.75) is 45.9 Å². The summed E-state index contributed by atoms with van der Waals surface area (Å²) in [5.74, 6) is 0.535. The van der Waals surface area contributed by atoms with Crippen LogP contribution in [-0.4, -0.2) is 34.7 Å². The van der Waals surface area contributed by atoms with E-state index >= 15 is 0 Å². The van der Waals surface area contributed by atoms with E-state index in [1.165, 1.54) is 6.07 Å². The van der Waals surface area contributed by atoms with Crippen molar-refractivity contribution in [3.63, 3.8) is 0 Å². The molecule has 8 heteroatoms. The van der Waals surface area contributed by atoms with Crippen molar-refractivity contribution >= 4 is 6.09 Å². The number of hydrogen-bond donors (Lipinski definition) is 0. The van der Waals surface area contributed by atoms with Gasteiger partial charge in [0.1, 0.15) is 17.4 Å². The molecule has 0 saturated heterocycles. The highest BCUT2D eigenvalue weighted by Crippen LogP contribution is 2.45. The van der Waals surface area contributed by atoms with Crippen LogP contribution in [0.25, 0.3) is 0 Å². The molecule has 0 spiro atoms. The molecule has 3 rings (SSSR count). The molecule has 0 aliphatic carbocycles. The number of aromatic nitrogens is 1. The van der Waals surface area contributed by atoms with Crippen molar-refractivity contribution in [1.82, 2.24) is 9.88 Å². The van der Waals surface area contributed by atoms with Crippen LogP contribution in [0.1, 0.15) is 39.3 Å². The lowest BCUT2D eigenvalue weighted by atomic mass is 9.98. The summed E-state index contributed by atoms with van der Waals surface area (Å²) < 4.78 is 40.2. The minimum Gasteiger partial charge on any atom is -0.444 e. The average molecular weight is 354 g/mol. The second-order valence-corrected chi connectivity index (χ2v) is 7.11. The summed E-state index contributed by atoms with van der Waals surface area (Å²) in [7, 11) is 0. The van der Waals surface area contributed by atoms with Crippen LogP contribution in [0.4, 0.5) is 13.6 Å². The summed E-state index contributed by atoms with van der Waals surface area (Å²) in [6, 6.07) is 2.44. The number of carbonyl (C=O) groups is 1. The molecule has 2 atom stereocenters. The first-order chi connectivity index (χ1) is 11.6. The number of carbonyl (C=O) groups excluding carboxylic acids is 1. The molecule has 0 bridgehead atoms. The van der Waals surface area contributed by atoms with E-state index in [4.69, 9.17) is 9.47 Å². The fourth-order valence-corrected chi connectivity index (χ4v) is 2.90. The van der Waals surface area contributed by atoms with E-state index in [0.29, 0.717) is 17.9 Å². The second kappa shape index (κ2) is 6.16. The summed E-state index contributed by atoms with van der Waals surface area (Å²) in [5.41, 5.74) is -0.0115. The van der Waals surface area contributed by atoms with Crippen molar-refractivity contribution in [3.05, 3.63) is 29.5 Å². The van der Waals surface area contributed by atoms with Crippen LogP contribution in [0, 0.1) is 5.92 Å². The van der Waals surface area contributed by atoms with E-state index in [2.05, 4.69) is 9.72 Å². The number of rotatable bonds is 2. The average Bonchev–Trinajstić information content (AvgIpc) is 2.80. The van der Waals surface area contributed by atoms with Gasteiger partial charge in [-0.1, -0.05) is 6.92 Å². The number of ether oxygens (including phenoxy) is 3. The predicted molar refractivity (Wildman–Crippen MR) is 84.4 cm³/mol. The number of nitrogens with zero attached hydrogens (tertiary/aromatic N) is 2. The van der Waals surface area contributed by atoms with Crippen molar-refractivity contribution in [2.75, 3.05) is 6.54 Å². The van der Waals surface area contributed by atoms with Crippen molar-refractivity contribution in [3.8, 4) is 11.8 Å². The molecule has 136 valence electrons. The zero-order valence-electron chi connectivity index (χ0n) is 14.5. The molecule has 2 aliphatic rings. The Morgan fingerprint density at radius 1 is 1.40 bits per heavy atom. The summed E-state index contributed by atoms with van der Waals surface area (Å²) in [6.07, 6.45) is 1.44. The molecule has 1 amide bonds. The Balaban J connectivity index is 1.92. The molecular formula is C17H20F2N2O4. The lowest BCUT2D eigenvalue weighted by Gasteiger charge is -2.35. The fraction of sp³-hybridized carbons (Fsp3) is 0.529. The van der Waals surface area contributed by atoms with Crippen LogP contribution in [0.5, 0.6) is 11.8 Å². The van der Waals surface area contributed by atoms with Gasteiger partial charge in [-0.15, -0.1) is 0 Å². The number of pyridine rings is 1. The summed E-state index contributed by atoms with van der Waals surface area (Å²) in [4.78, 5) is 18.1. The Kier molecular flexibility index (Phi) is 4.30. The van der Waals surface area contributed by atoms with Crippen LogP contribution >= 0.6 is 0 Å². The fourth-order valence-electron chi connectivity index (χ4n) is 2.90. The third kappa shape index (κ3) is 3.67. The van der Waals surface area contributed by atoms with Gasteiger partial charge in [0.25, 0.3) is 0 Å². The van der Waals surface area contributed by atoms with Crippen LogP contribution < -0.4 is 9.47 Å². The molecule has 0 radical (unpaired) electrons. The van der Waals surface area contributed by atoms with Gasteiger partial charge in [0.05, 0.1) is 0 Å². The van der Waals surface area contributed by atoms with Crippen LogP contribution in [0.15, 0.2) is 24.0 Å². The summed E-state index contributed by atoms with van der Waals surface area (Å²) >= 11 is 0. The Morgan fingerprint density at radius 3 is 2.76 bits per heavy atom. The van der Waals surface area contributed by atoms with Gasteiger partial charge in [-0.25, -0.2) is 4.79 Å². The smallest absolute Gasteiger partial charge is 0.411 e. The topological polar surface area (TPSA) is 60.9 Å². The van der Waals surface area contributed by atoms with E-state index in [1.54, 1.807) is 31.7 Å². The highest BCUT2D eigenvalue weighted by atomic mass is 19.3. The van der Waals surface area contributed by atoms with Gasteiger partial charge < -0.3 is 14.2 Å². The lowest BCUT2D eigenvalue weighted by molar-refractivity contribution is -0.0530. The van der Waals surface area contributed by atoms with Gasteiger partial charge in [0.2, 0.25) is 11.8 Å². The summed E-state index contributed by atoms with van der Waals surface area (Å²) in [5, 5.41) is 0. The number of halogens is 2. The van der Waals surface area contributed by atoms with E-state index in [-0.39, 0.29) is 17.7 Å². The molecular weight excluding hydrogens is 334 g/mol. The molecule has 25 heavy (non-hydrogen) atoms. The standard InChI is InChI=1S/C17H20F2N2O4/c1-9-7-11-13(21(8-9)16(22)25-17(2,3)4)10-5-6-12(24-15(18)19)20-14(10)23-11/h5-7,9,13,15H,8H2,1-4H3/t9-,13-/m0/s1. The quantitative estimate of drug-likeness (QED) is 0.806. The third-order valence-corrected chi connectivity index (χ3v) is 3.73. The van der Waals surface area contributed by atoms with Crippen LogP contribution in [0.2, 0.25) is 0 Å². The molecule has 6 nitrogen and oxygen atoms in total.